The smallest absolute Gasteiger partial charge is 0.349 e. The van der Waals surface area contributed by atoms with Crippen molar-refractivity contribution in [2.75, 3.05) is 11.9 Å². The highest BCUT2D eigenvalue weighted by molar-refractivity contribution is 6.04. The minimum Gasteiger partial charge on any atom is -0.482 e. The van der Waals surface area contributed by atoms with Gasteiger partial charge in [-0.15, -0.1) is 0 Å². The van der Waals surface area contributed by atoms with Crippen LogP contribution in [0.25, 0.3) is 0 Å². The molecule has 3 rings (SSSR count). The molecule has 5 nitrogen and oxygen atoms in total. The SMILES string of the molecule is Cc1ccc(NC(=O)c2ccc(OC(=O)COc3cc(C)ccc3C)cc2)cc1. The van der Waals surface area contributed by atoms with Gasteiger partial charge in [0, 0.05) is 11.3 Å². The normalized spacial score (nSPS) is 10.3. The summed E-state index contributed by atoms with van der Waals surface area (Å²) in [5.74, 6) is 0.268. The highest BCUT2D eigenvalue weighted by Crippen LogP contribution is 2.19. The van der Waals surface area contributed by atoms with Crippen LogP contribution in [-0.4, -0.2) is 18.5 Å². The van der Waals surface area contributed by atoms with Crippen LogP contribution in [0, 0.1) is 20.8 Å². The van der Waals surface area contributed by atoms with E-state index in [1.165, 1.54) is 0 Å². The molecule has 0 aliphatic heterocycles. The molecule has 0 fully saturated rings. The first-order valence-electron chi connectivity index (χ1n) is 9.29. The van der Waals surface area contributed by atoms with Gasteiger partial charge in [0.1, 0.15) is 11.5 Å². The van der Waals surface area contributed by atoms with Crippen LogP contribution >= 0.6 is 0 Å². The number of anilines is 1. The third-order valence-electron chi connectivity index (χ3n) is 4.35. The summed E-state index contributed by atoms with van der Waals surface area (Å²) >= 11 is 0. The summed E-state index contributed by atoms with van der Waals surface area (Å²) in [5.41, 5.74) is 4.32. The van der Waals surface area contributed by atoms with Crippen molar-refractivity contribution in [1.82, 2.24) is 0 Å². The molecule has 0 heterocycles. The molecule has 1 amide bonds. The van der Waals surface area contributed by atoms with Crippen molar-refractivity contribution >= 4 is 17.6 Å². The molecule has 0 radical (unpaired) electrons. The van der Waals surface area contributed by atoms with Crippen LogP contribution in [0.1, 0.15) is 27.0 Å². The lowest BCUT2D eigenvalue weighted by Crippen LogP contribution is -2.18. The van der Waals surface area contributed by atoms with E-state index in [1.807, 2.05) is 63.2 Å². The summed E-state index contributed by atoms with van der Waals surface area (Å²) in [6.45, 7) is 5.67. The number of carbonyl (C=O) groups excluding carboxylic acids is 2. The Labute approximate surface area is 170 Å². The first-order valence-corrected chi connectivity index (χ1v) is 9.29. The molecule has 0 saturated heterocycles. The fraction of sp³-hybridized carbons (Fsp3) is 0.167. The van der Waals surface area contributed by atoms with Crippen LogP contribution in [0.5, 0.6) is 11.5 Å². The predicted molar refractivity (Wildman–Crippen MR) is 113 cm³/mol. The van der Waals surface area contributed by atoms with Gasteiger partial charge in [-0.1, -0.05) is 29.8 Å². The molecule has 0 aliphatic carbocycles. The summed E-state index contributed by atoms with van der Waals surface area (Å²) < 4.78 is 10.8. The van der Waals surface area contributed by atoms with E-state index in [0.717, 1.165) is 22.4 Å². The molecular weight excluding hydrogens is 366 g/mol. The highest BCUT2D eigenvalue weighted by Gasteiger charge is 2.10. The van der Waals surface area contributed by atoms with Crippen molar-refractivity contribution in [2.45, 2.75) is 20.8 Å². The molecule has 5 heteroatoms. The van der Waals surface area contributed by atoms with Crippen molar-refractivity contribution in [3.05, 3.63) is 89.0 Å². The Kier molecular flexibility index (Phi) is 6.29. The van der Waals surface area contributed by atoms with E-state index in [-0.39, 0.29) is 12.5 Å². The molecular formula is C24H23NO4. The summed E-state index contributed by atoms with van der Waals surface area (Å²) in [7, 11) is 0. The molecule has 0 unspecified atom stereocenters. The fourth-order valence-corrected chi connectivity index (χ4v) is 2.67. The molecule has 148 valence electrons. The second kappa shape index (κ2) is 9.06. The molecule has 29 heavy (non-hydrogen) atoms. The largest absolute Gasteiger partial charge is 0.482 e. The zero-order valence-electron chi connectivity index (χ0n) is 16.7. The lowest BCUT2D eigenvalue weighted by Gasteiger charge is -2.10. The molecule has 1 N–H and O–H groups in total. The maximum Gasteiger partial charge on any atom is 0.349 e. The number of nitrogens with one attached hydrogen (secondary N) is 1. The third kappa shape index (κ3) is 5.69. The zero-order chi connectivity index (χ0) is 20.8. The van der Waals surface area contributed by atoms with Gasteiger partial charge >= 0.3 is 5.97 Å². The highest BCUT2D eigenvalue weighted by atomic mass is 16.6. The standard InChI is InChI=1S/C24H23NO4/c1-16-5-10-20(11-6-16)25-24(27)19-8-12-21(13-9-19)29-23(26)15-28-22-14-17(2)4-7-18(22)3/h4-14H,15H2,1-3H3,(H,25,27). The zero-order valence-corrected chi connectivity index (χ0v) is 16.7. The molecule has 0 bridgehead atoms. The monoisotopic (exact) mass is 389 g/mol. The molecule has 0 atom stereocenters. The number of aryl methyl sites for hydroxylation is 3. The second-order valence-electron chi connectivity index (χ2n) is 6.88. The van der Waals surface area contributed by atoms with Gasteiger partial charge in [0.05, 0.1) is 0 Å². The number of amides is 1. The minimum absolute atomic E-state index is 0.194. The molecule has 0 aliphatic rings. The average molecular weight is 389 g/mol. The number of rotatable bonds is 6. The van der Waals surface area contributed by atoms with Gasteiger partial charge in [-0.05, 0) is 74.4 Å². The molecule has 3 aromatic rings. The van der Waals surface area contributed by atoms with Gasteiger partial charge in [0.2, 0.25) is 0 Å². The summed E-state index contributed by atoms with van der Waals surface area (Å²) in [4.78, 5) is 24.4. The molecule has 0 aromatic heterocycles. The lowest BCUT2D eigenvalue weighted by atomic mass is 10.1. The van der Waals surface area contributed by atoms with Gasteiger partial charge in [-0.2, -0.15) is 0 Å². The van der Waals surface area contributed by atoms with Crippen LogP contribution in [0.15, 0.2) is 66.7 Å². The Hall–Kier alpha value is -3.60. The van der Waals surface area contributed by atoms with Crippen molar-refractivity contribution in [1.29, 1.82) is 0 Å². The van der Waals surface area contributed by atoms with E-state index in [2.05, 4.69) is 5.32 Å². The Bertz CT molecular complexity index is 1010. The van der Waals surface area contributed by atoms with Gasteiger partial charge in [-0.3, -0.25) is 4.79 Å². The van der Waals surface area contributed by atoms with Gasteiger partial charge in [0.25, 0.3) is 5.91 Å². The minimum atomic E-state index is -0.511. The Morgan fingerprint density at radius 2 is 1.48 bits per heavy atom. The van der Waals surface area contributed by atoms with Crippen LogP contribution in [0.2, 0.25) is 0 Å². The molecule has 0 saturated carbocycles. The predicted octanol–water partition coefficient (Wildman–Crippen LogP) is 4.85. The summed E-state index contributed by atoms with van der Waals surface area (Å²) in [5, 5.41) is 2.83. The van der Waals surface area contributed by atoms with E-state index in [0.29, 0.717) is 17.1 Å². The second-order valence-corrected chi connectivity index (χ2v) is 6.88. The molecule has 0 spiro atoms. The average Bonchev–Trinajstić information content (AvgIpc) is 2.71. The Morgan fingerprint density at radius 3 is 2.17 bits per heavy atom. The van der Waals surface area contributed by atoms with Crippen LogP contribution in [-0.2, 0) is 4.79 Å². The quantitative estimate of drug-likeness (QED) is 0.484. The fourth-order valence-electron chi connectivity index (χ4n) is 2.67. The summed E-state index contributed by atoms with van der Waals surface area (Å²) in [6, 6.07) is 19.7. The van der Waals surface area contributed by atoms with E-state index in [4.69, 9.17) is 9.47 Å². The van der Waals surface area contributed by atoms with Crippen LogP contribution in [0.4, 0.5) is 5.69 Å². The van der Waals surface area contributed by atoms with E-state index < -0.39 is 5.97 Å². The third-order valence-corrected chi connectivity index (χ3v) is 4.35. The number of esters is 1. The Morgan fingerprint density at radius 1 is 0.828 bits per heavy atom. The maximum atomic E-state index is 12.3. The lowest BCUT2D eigenvalue weighted by molar-refractivity contribution is -0.136. The van der Waals surface area contributed by atoms with Crippen molar-refractivity contribution < 1.29 is 19.1 Å². The number of hydrogen-bond donors (Lipinski definition) is 1. The number of benzene rings is 3. The van der Waals surface area contributed by atoms with Crippen LogP contribution < -0.4 is 14.8 Å². The van der Waals surface area contributed by atoms with Crippen LogP contribution in [0.3, 0.4) is 0 Å². The first kappa shape index (κ1) is 20.1. The maximum absolute atomic E-state index is 12.3. The van der Waals surface area contributed by atoms with Crippen molar-refractivity contribution in [3.63, 3.8) is 0 Å². The van der Waals surface area contributed by atoms with Crippen molar-refractivity contribution in [2.24, 2.45) is 0 Å². The summed E-state index contributed by atoms with van der Waals surface area (Å²) in [6.07, 6.45) is 0. The van der Waals surface area contributed by atoms with E-state index >= 15 is 0 Å². The van der Waals surface area contributed by atoms with Gasteiger partial charge < -0.3 is 14.8 Å². The topological polar surface area (TPSA) is 64.6 Å². The van der Waals surface area contributed by atoms with Gasteiger partial charge in [0.15, 0.2) is 6.61 Å². The number of ether oxygens (including phenoxy) is 2. The first-order chi connectivity index (χ1) is 13.9. The Balaban J connectivity index is 1.54. The number of carbonyl (C=O) groups is 2. The molecule has 3 aromatic carbocycles. The number of hydrogen-bond acceptors (Lipinski definition) is 4. The van der Waals surface area contributed by atoms with Crippen molar-refractivity contribution in [3.8, 4) is 11.5 Å². The van der Waals surface area contributed by atoms with E-state index in [9.17, 15) is 9.59 Å². The van der Waals surface area contributed by atoms with Gasteiger partial charge in [-0.25, -0.2) is 4.79 Å². The van der Waals surface area contributed by atoms with E-state index in [1.54, 1.807) is 24.3 Å².